The maximum atomic E-state index is 11.1. The van der Waals surface area contributed by atoms with Crippen LogP contribution in [0.15, 0.2) is 0 Å². The fraction of sp³-hybridized carbons (Fsp3) is 0.636. The smallest absolute Gasteiger partial charge is 0.168 e. The molecule has 0 N–H and O–H groups in total. The summed E-state index contributed by atoms with van der Waals surface area (Å²) < 4.78 is 1.99. The fourth-order valence-electron chi connectivity index (χ4n) is 2.27. The van der Waals surface area contributed by atoms with Gasteiger partial charge in [-0.1, -0.05) is 0 Å². The minimum atomic E-state index is 0.501. The molecule has 0 bridgehead atoms. The maximum absolute atomic E-state index is 11.1. The average Bonchev–Trinajstić information content (AvgIpc) is 2.53. The molecule has 4 heteroatoms. The number of thioether (sulfide) groups is 1. The molecule has 0 amide bonds. The van der Waals surface area contributed by atoms with E-state index in [-0.39, 0.29) is 0 Å². The van der Waals surface area contributed by atoms with Crippen LogP contribution < -0.4 is 0 Å². The van der Waals surface area contributed by atoms with Crippen molar-refractivity contribution in [2.24, 2.45) is 0 Å². The Kier molecular flexibility index (Phi) is 2.31. The van der Waals surface area contributed by atoms with Gasteiger partial charge >= 0.3 is 0 Å². The van der Waals surface area contributed by atoms with E-state index < -0.39 is 0 Å². The van der Waals surface area contributed by atoms with E-state index in [4.69, 9.17) is 0 Å². The van der Waals surface area contributed by atoms with Crippen LogP contribution in [0.5, 0.6) is 0 Å². The van der Waals surface area contributed by atoms with Crippen LogP contribution in [0, 0.1) is 0 Å². The van der Waals surface area contributed by atoms with E-state index in [0.717, 1.165) is 29.9 Å². The molecular weight excluding hydrogens is 208 g/mol. The van der Waals surface area contributed by atoms with Crippen molar-refractivity contribution in [1.29, 1.82) is 0 Å². The number of rotatable bonds is 2. The van der Waals surface area contributed by atoms with Crippen molar-refractivity contribution in [2.45, 2.75) is 37.5 Å². The Hall–Kier alpha value is -0.770. The number of hydrogen-bond acceptors (Lipinski definition) is 3. The minimum absolute atomic E-state index is 0.501. The second kappa shape index (κ2) is 3.67. The molecule has 1 aromatic heterocycles. The summed E-state index contributed by atoms with van der Waals surface area (Å²) in [5.41, 5.74) is 3.22. The van der Waals surface area contributed by atoms with Crippen LogP contribution >= 0.6 is 11.8 Å². The second-order valence-corrected chi connectivity index (χ2v) is 5.37. The lowest BCUT2D eigenvalue weighted by Crippen LogP contribution is -2.20. The molecule has 1 aliphatic carbocycles. The lowest BCUT2D eigenvalue weighted by atomic mass is 9.93. The standard InChI is InChI=1S/C11H14N2OS/c14-6-11-9-7-15-5-4-10(9)12-13(11)8-2-1-3-8/h6,8H,1-5,7H2. The highest BCUT2D eigenvalue weighted by Gasteiger charge is 2.27. The van der Waals surface area contributed by atoms with E-state index in [9.17, 15) is 4.79 Å². The van der Waals surface area contributed by atoms with E-state index >= 15 is 0 Å². The van der Waals surface area contributed by atoms with Crippen LogP contribution in [-0.4, -0.2) is 21.8 Å². The van der Waals surface area contributed by atoms with Crippen LogP contribution in [0.4, 0.5) is 0 Å². The molecule has 0 radical (unpaired) electrons. The van der Waals surface area contributed by atoms with Crippen molar-refractivity contribution in [3.8, 4) is 0 Å². The van der Waals surface area contributed by atoms with E-state index in [1.807, 2.05) is 16.4 Å². The Bertz CT molecular complexity index is 396. The number of nitrogens with zero attached hydrogens (tertiary/aromatic N) is 2. The highest BCUT2D eigenvalue weighted by molar-refractivity contribution is 7.98. The van der Waals surface area contributed by atoms with Gasteiger partial charge in [0, 0.05) is 17.7 Å². The molecule has 0 spiro atoms. The minimum Gasteiger partial charge on any atom is -0.296 e. The zero-order chi connectivity index (χ0) is 10.3. The van der Waals surface area contributed by atoms with Crippen molar-refractivity contribution in [2.75, 3.05) is 5.75 Å². The molecule has 2 aliphatic rings. The van der Waals surface area contributed by atoms with Crippen molar-refractivity contribution in [3.63, 3.8) is 0 Å². The molecule has 1 fully saturated rings. The quantitative estimate of drug-likeness (QED) is 0.720. The lowest BCUT2D eigenvalue weighted by molar-refractivity contribution is 0.110. The van der Waals surface area contributed by atoms with Gasteiger partial charge in [0.1, 0.15) is 5.69 Å². The van der Waals surface area contributed by atoms with Gasteiger partial charge in [0.2, 0.25) is 0 Å². The maximum Gasteiger partial charge on any atom is 0.168 e. The van der Waals surface area contributed by atoms with Gasteiger partial charge in [-0.05, 0) is 25.0 Å². The normalized spacial score (nSPS) is 20.8. The number of aldehydes is 1. The third kappa shape index (κ3) is 1.42. The van der Waals surface area contributed by atoms with Crippen molar-refractivity contribution >= 4 is 18.0 Å². The Morgan fingerprint density at radius 3 is 3.00 bits per heavy atom. The predicted molar refractivity (Wildman–Crippen MR) is 60.4 cm³/mol. The SMILES string of the molecule is O=Cc1c2c(nn1C1CCC1)CCSC2. The molecule has 0 saturated heterocycles. The first-order chi connectivity index (χ1) is 7.40. The zero-order valence-corrected chi connectivity index (χ0v) is 9.42. The van der Waals surface area contributed by atoms with Crippen LogP contribution in [0.25, 0.3) is 0 Å². The molecule has 15 heavy (non-hydrogen) atoms. The Balaban J connectivity index is 2.05. The summed E-state index contributed by atoms with van der Waals surface area (Å²) in [6.07, 6.45) is 5.68. The molecule has 0 atom stereocenters. The van der Waals surface area contributed by atoms with E-state index in [1.165, 1.54) is 30.5 Å². The molecule has 80 valence electrons. The van der Waals surface area contributed by atoms with Gasteiger partial charge in [-0.25, -0.2) is 0 Å². The number of aromatic nitrogens is 2. The molecule has 1 saturated carbocycles. The summed E-state index contributed by atoms with van der Waals surface area (Å²) >= 11 is 1.91. The predicted octanol–water partition coefficient (Wildman–Crippen LogP) is 2.21. The van der Waals surface area contributed by atoms with E-state index in [1.54, 1.807) is 0 Å². The van der Waals surface area contributed by atoms with Crippen molar-refractivity contribution in [3.05, 3.63) is 17.0 Å². The summed E-state index contributed by atoms with van der Waals surface area (Å²) in [4.78, 5) is 11.1. The van der Waals surface area contributed by atoms with E-state index in [0.29, 0.717) is 6.04 Å². The summed E-state index contributed by atoms with van der Waals surface area (Å²) in [6.45, 7) is 0. The average molecular weight is 222 g/mol. The molecule has 1 aliphatic heterocycles. The Morgan fingerprint density at radius 1 is 1.47 bits per heavy atom. The first kappa shape index (κ1) is 9.46. The second-order valence-electron chi connectivity index (χ2n) is 4.26. The van der Waals surface area contributed by atoms with Crippen LogP contribution in [0.2, 0.25) is 0 Å². The monoisotopic (exact) mass is 222 g/mol. The van der Waals surface area contributed by atoms with E-state index in [2.05, 4.69) is 5.10 Å². The largest absolute Gasteiger partial charge is 0.296 e. The summed E-state index contributed by atoms with van der Waals surface area (Å²) in [5.74, 6) is 2.11. The third-order valence-electron chi connectivity index (χ3n) is 3.39. The number of fused-ring (bicyclic) bond motifs is 1. The Morgan fingerprint density at radius 2 is 2.33 bits per heavy atom. The Labute approximate surface area is 93.2 Å². The highest BCUT2D eigenvalue weighted by Crippen LogP contribution is 2.35. The van der Waals surface area contributed by atoms with Gasteiger partial charge < -0.3 is 0 Å². The number of carbonyl (C=O) groups is 1. The van der Waals surface area contributed by atoms with Gasteiger partial charge in [-0.2, -0.15) is 16.9 Å². The first-order valence-electron chi connectivity index (χ1n) is 5.53. The first-order valence-corrected chi connectivity index (χ1v) is 6.69. The molecular formula is C11H14N2OS. The number of hydrogen-bond donors (Lipinski definition) is 0. The molecule has 3 rings (SSSR count). The molecule has 0 unspecified atom stereocenters. The van der Waals surface area contributed by atoms with Gasteiger partial charge in [-0.15, -0.1) is 0 Å². The van der Waals surface area contributed by atoms with Crippen LogP contribution in [0.3, 0.4) is 0 Å². The lowest BCUT2D eigenvalue weighted by Gasteiger charge is -2.26. The zero-order valence-electron chi connectivity index (χ0n) is 8.61. The van der Waals surface area contributed by atoms with Gasteiger partial charge in [0.15, 0.2) is 6.29 Å². The highest BCUT2D eigenvalue weighted by atomic mass is 32.2. The third-order valence-corrected chi connectivity index (χ3v) is 4.38. The van der Waals surface area contributed by atoms with Gasteiger partial charge in [0.05, 0.1) is 11.7 Å². The van der Waals surface area contributed by atoms with Crippen LogP contribution in [-0.2, 0) is 12.2 Å². The van der Waals surface area contributed by atoms with Gasteiger partial charge in [-0.3, -0.25) is 9.48 Å². The number of aryl methyl sites for hydroxylation is 1. The molecule has 1 aromatic rings. The summed E-state index contributed by atoms with van der Waals surface area (Å²) in [7, 11) is 0. The fourth-order valence-corrected chi connectivity index (χ4v) is 3.27. The summed E-state index contributed by atoms with van der Waals surface area (Å²) in [6, 6.07) is 0.501. The molecule has 2 heterocycles. The van der Waals surface area contributed by atoms with Crippen molar-refractivity contribution < 1.29 is 4.79 Å². The molecule has 3 nitrogen and oxygen atoms in total. The van der Waals surface area contributed by atoms with Crippen molar-refractivity contribution in [1.82, 2.24) is 9.78 Å². The number of carbonyl (C=O) groups excluding carboxylic acids is 1. The van der Waals surface area contributed by atoms with Crippen LogP contribution in [0.1, 0.15) is 47.1 Å². The topological polar surface area (TPSA) is 34.9 Å². The van der Waals surface area contributed by atoms with Gasteiger partial charge in [0.25, 0.3) is 0 Å². The molecule has 0 aromatic carbocycles. The summed E-state index contributed by atoms with van der Waals surface area (Å²) in [5, 5.41) is 4.62.